The predicted octanol–water partition coefficient (Wildman–Crippen LogP) is 2.97. The number of hydrogen-bond acceptors (Lipinski definition) is 9. The van der Waals surface area contributed by atoms with E-state index in [2.05, 4.69) is 35.5 Å². The molecule has 1 amide bonds. The molecule has 0 spiro atoms. The number of nitrogens with one attached hydrogen (secondary N) is 1. The Morgan fingerprint density at radius 3 is 2.47 bits per heavy atom. The summed E-state index contributed by atoms with van der Waals surface area (Å²) >= 11 is 12.3. The average molecular weight is 497 g/mol. The molecule has 0 aliphatic rings. The second-order valence-electron chi connectivity index (χ2n) is 7.05. The quantitative estimate of drug-likeness (QED) is 0.270. The number of carbonyl (C=O) groups is 1. The van der Waals surface area contributed by atoms with Crippen LogP contribution in [-0.4, -0.2) is 41.7 Å². The Morgan fingerprint density at radius 1 is 1.09 bits per heavy atom. The number of nitrogens with zero attached hydrogens (tertiary/aromatic N) is 7. The number of para-hydroxylation sites is 1. The molecule has 0 unspecified atom stereocenters. The lowest BCUT2D eigenvalue weighted by Crippen LogP contribution is -2.25. The number of fused-ring (bicyclic) bond motifs is 1. The Morgan fingerprint density at radius 2 is 1.82 bits per heavy atom. The number of nitrogens with two attached hydrogens (primary N) is 2. The molecule has 1 aromatic carbocycles. The minimum absolute atomic E-state index is 0.144. The maximum atomic E-state index is 11.7. The summed E-state index contributed by atoms with van der Waals surface area (Å²) in [6.45, 7) is 3.62. The number of amides is 1. The van der Waals surface area contributed by atoms with E-state index in [1.54, 1.807) is 41.7 Å². The third-order valence-electron chi connectivity index (χ3n) is 4.64. The largest absolute Gasteiger partial charge is 0.393 e. The highest BCUT2D eigenvalue weighted by Gasteiger charge is 2.14. The van der Waals surface area contributed by atoms with Gasteiger partial charge in [0.2, 0.25) is 0 Å². The summed E-state index contributed by atoms with van der Waals surface area (Å²) in [4.78, 5) is 29.0. The monoisotopic (exact) mass is 496 g/mol. The molecule has 0 aliphatic carbocycles. The van der Waals surface area contributed by atoms with Crippen molar-refractivity contribution in [3.8, 4) is 11.5 Å². The van der Waals surface area contributed by atoms with E-state index in [1.807, 2.05) is 6.92 Å². The fraction of sp³-hybridized carbons (Fsp3) is 0.0952. The number of rotatable bonds is 6. The maximum absolute atomic E-state index is 11.7. The highest BCUT2D eigenvalue weighted by molar-refractivity contribution is 6.38. The van der Waals surface area contributed by atoms with E-state index in [4.69, 9.17) is 34.7 Å². The molecule has 0 aliphatic heterocycles. The van der Waals surface area contributed by atoms with Crippen molar-refractivity contribution >= 4 is 52.5 Å². The number of carbonyl (C=O) groups excluding carboxylic acids is 1. The van der Waals surface area contributed by atoms with Crippen molar-refractivity contribution in [1.82, 2.24) is 29.5 Å². The van der Waals surface area contributed by atoms with Gasteiger partial charge in [-0.25, -0.2) is 9.38 Å². The van der Waals surface area contributed by atoms with Gasteiger partial charge >= 0.3 is 0 Å². The van der Waals surface area contributed by atoms with Crippen LogP contribution in [0.1, 0.15) is 11.6 Å². The van der Waals surface area contributed by atoms with Crippen LogP contribution in [0.2, 0.25) is 10.0 Å². The van der Waals surface area contributed by atoms with E-state index < -0.39 is 5.91 Å². The van der Waals surface area contributed by atoms with Crippen molar-refractivity contribution in [2.45, 2.75) is 13.8 Å². The smallest absolute Gasteiger partial charge is 0.266 e. The fourth-order valence-corrected chi connectivity index (χ4v) is 3.56. The Balaban J connectivity index is 1.64. The molecule has 0 saturated carbocycles. The second-order valence-corrected chi connectivity index (χ2v) is 7.87. The number of primary amides is 1. The third kappa shape index (κ3) is 4.65. The average Bonchev–Trinajstić information content (AvgIpc) is 3.22. The lowest BCUT2D eigenvalue weighted by molar-refractivity contribution is -0.114. The first-order chi connectivity index (χ1) is 16.2. The molecule has 11 nitrogen and oxygen atoms in total. The highest BCUT2D eigenvalue weighted by Crippen LogP contribution is 2.32. The van der Waals surface area contributed by atoms with Crippen molar-refractivity contribution < 1.29 is 4.79 Å². The number of hydrogen-bond donors (Lipinski definition) is 3. The van der Waals surface area contributed by atoms with Gasteiger partial charge in [-0.15, -0.1) is 10.2 Å². The Bertz CT molecular complexity index is 1440. The summed E-state index contributed by atoms with van der Waals surface area (Å²) in [7, 11) is 0. The molecule has 34 heavy (non-hydrogen) atoms. The molecule has 4 rings (SSSR count). The third-order valence-corrected chi connectivity index (χ3v) is 5.25. The molecule has 5 N–H and O–H groups in total. The number of halogens is 2. The number of anilines is 1. The minimum Gasteiger partial charge on any atom is -0.393 e. The zero-order chi connectivity index (χ0) is 24.4. The van der Waals surface area contributed by atoms with Crippen LogP contribution in [0.25, 0.3) is 17.3 Å². The molecule has 0 atom stereocenters. The van der Waals surface area contributed by atoms with Crippen LogP contribution in [0.15, 0.2) is 52.9 Å². The minimum atomic E-state index is -0.829. The number of aliphatic imine (C=N–C) groups is 1. The molecule has 0 saturated heterocycles. The number of aryl methyl sites for hydroxylation is 2. The van der Waals surface area contributed by atoms with E-state index in [-0.39, 0.29) is 11.4 Å². The van der Waals surface area contributed by atoms with Crippen LogP contribution in [0.5, 0.6) is 0 Å². The number of allylic oxidation sites excluding steroid dienone is 1. The van der Waals surface area contributed by atoms with Gasteiger partial charge in [0.05, 0.1) is 33.8 Å². The molecule has 0 radical (unpaired) electrons. The first kappa shape index (κ1) is 23.1. The molecule has 172 valence electrons. The molecule has 3 aromatic heterocycles. The standard InChI is InChI=1S/C21H18Cl2N10O/c1-10-28-11(2)33-20(31-32-21(33)29-10)15-7-6-12(8-26-15)30-16(17(24)19(25)34)9-27-18-13(22)4-3-5-14(18)23/h3-9,30H,24H2,1-2H3,(H2,25,34)/b17-16+,27-9?. The van der Waals surface area contributed by atoms with E-state index >= 15 is 0 Å². The van der Waals surface area contributed by atoms with Crippen LogP contribution in [0.4, 0.5) is 11.4 Å². The van der Waals surface area contributed by atoms with E-state index in [0.29, 0.717) is 50.4 Å². The predicted molar refractivity (Wildman–Crippen MR) is 130 cm³/mol. The second kappa shape index (κ2) is 9.41. The topological polar surface area (TPSA) is 162 Å². The summed E-state index contributed by atoms with van der Waals surface area (Å²) in [6, 6.07) is 8.41. The van der Waals surface area contributed by atoms with Gasteiger partial charge in [0.15, 0.2) is 5.82 Å². The number of pyridine rings is 1. The SMILES string of the molecule is Cc1nc(C)n2c(-c3ccc(N/C(C=Nc4c(Cl)cccc4Cl)=C(/N)C(N)=O)cn3)nnc2n1. The summed E-state index contributed by atoms with van der Waals surface area (Å²) < 4.78 is 1.71. The summed E-state index contributed by atoms with van der Waals surface area (Å²) in [5.74, 6) is 1.37. The van der Waals surface area contributed by atoms with E-state index in [1.165, 1.54) is 12.4 Å². The lowest BCUT2D eigenvalue weighted by atomic mass is 10.2. The van der Waals surface area contributed by atoms with Gasteiger partial charge in [0.1, 0.15) is 28.7 Å². The summed E-state index contributed by atoms with van der Waals surface area (Å²) in [5, 5.41) is 11.9. The van der Waals surface area contributed by atoms with Crippen molar-refractivity contribution in [1.29, 1.82) is 0 Å². The van der Waals surface area contributed by atoms with Crippen LogP contribution in [-0.2, 0) is 4.79 Å². The van der Waals surface area contributed by atoms with Crippen molar-refractivity contribution in [3.63, 3.8) is 0 Å². The zero-order valence-corrected chi connectivity index (χ0v) is 19.5. The molecule has 13 heteroatoms. The molecule has 4 aromatic rings. The van der Waals surface area contributed by atoms with Gasteiger partial charge in [0.25, 0.3) is 11.7 Å². The Hall–Kier alpha value is -4.09. The lowest BCUT2D eigenvalue weighted by Gasteiger charge is -2.10. The molecular weight excluding hydrogens is 479 g/mol. The van der Waals surface area contributed by atoms with Gasteiger partial charge in [-0.3, -0.25) is 14.8 Å². The first-order valence-electron chi connectivity index (χ1n) is 9.82. The molecule has 0 fully saturated rings. The molecular formula is C21H18Cl2N10O. The van der Waals surface area contributed by atoms with Gasteiger partial charge in [-0.05, 0) is 38.1 Å². The Kier molecular flexibility index (Phi) is 6.39. The zero-order valence-electron chi connectivity index (χ0n) is 18.0. The summed E-state index contributed by atoms with van der Waals surface area (Å²) in [5.41, 5.74) is 12.5. The van der Waals surface area contributed by atoms with Gasteiger partial charge in [-0.2, -0.15) is 4.98 Å². The van der Waals surface area contributed by atoms with Gasteiger partial charge < -0.3 is 16.8 Å². The van der Waals surface area contributed by atoms with Crippen molar-refractivity contribution in [3.05, 3.63) is 69.6 Å². The summed E-state index contributed by atoms with van der Waals surface area (Å²) in [6.07, 6.45) is 2.85. The van der Waals surface area contributed by atoms with Crippen LogP contribution in [0.3, 0.4) is 0 Å². The highest BCUT2D eigenvalue weighted by atomic mass is 35.5. The van der Waals surface area contributed by atoms with E-state index in [0.717, 1.165) is 0 Å². The maximum Gasteiger partial charge on any atom is 0.266 e. The van der Waals surface area contributed by atoms with E-state index in [9.17, 15) is 4.79 Å². The first-order valence-corrected chi connectivity index (χ1v) is 10.6. The van der Waals surface area contributed by atoms with Crippen molar-refractivity contribution in [2.24, 2.45) is 16.5 Å². The Labute approximate surface area is 203 Å². The molecule has 0 bridgehead atoms. The number of aromatic nitrogens is 6. The number of benzene rings is 1. The van der Waals surface area contributed by atoms with Crippen LogP contribution < -0.4 is 16.8 Å². The van der Waals surface area contributed by atoms with Gasteiger partial charge in [-0.1, -0.05) is 29.3 Å². The van der Waals surface area contributed by atoms with Crippen LogP contribution >= 0.6 is 23.2 Å². The fourth-order valence-electron chi connectivity index (χ4n) is 3.07. The normalized spacial score (nSPS) is 12.2. The van der Waals surface area contributed by atoms with Crippen molar-refractivity contribution in [2.75, 3.05) is 5.32 Å². The van der Waals surface area contributed by atoms with Crippen LogP contribution in [0, 0.1) is 13.8 Å². The molecule has 3 heterocycles. The van der Waals surface area contributed by atoms with Gasteiger partial charge in [0, 0.05) is 0 Å².